The predicted octanol–water partition coefficient (Wildman–Crippen LogP) is 1.90. The summed E-state index contributed by atoms with van der Waals surface area (Å²) in [5, 5.41) is 9.42. The summed E-state index contributed by atoms with van der Waals surface area (Å²) in [6.45, 7) is 2.25. The van der Waals surface area contributed by atoms with Crippen LogP contribution in [0.15, 0.2) is 24.3 Å². The number of thioether (sulfide) groups is 1. The summed E-state index contributed by atoms with van der Waals surface area (Å²) in [6.07, 6.45) is 0. The second-order valence-electron chi connectivity index (χ2n) is 3.71. The Bertz CT molecular complexity index is 390. The van der Waals surface area contributed by atoms with Crippen molar-refractivity contribution in [1.29, 1.82) is 0 Å². The molecule has 0 unspecified atom stereocenters. The third kappa shape index (κ3) is 3.64. The zero-order chi connectivity index (χ0) is 12.1. The summed E-state index contributed by atoms with van der Waals surface area (Å²) < 4.78 is 10.6. The molecular formula is C12H14O4S. The van der Waals surface area contributed by atoms with E-state index in [0.717, 1.165) is 19.0 Å². The Morgan fingerprint density at radius 3 is 3.00 bits per heavy atom. The van der Waals surface area contributed by atoms with Crippen LogP contribution >= 0.6 is 11.8 Å². The van der Waals surface area contributed by atoms with Gasteiger partial charge in [-0.15, -0.1) is 0 Å². The van der Waals surface area contributed by atoms with E-state index in [1.165, 1.54) is 0 Å². The second kappa shape index (κ2) is 5.93. The highest BCUT2D eigenvalue weighted by atomic mass is 32.2. The number of carboxylic acid groups (broad SMARTS) is 1. The zero-order valence-corrected chi connectivity index (χ0v) is 10.1. The molecule has 1 N–H and O–H groups in total. The molecule has 1 aromatic rings. The van der Waals surface area contributed by atoms with Crippen LogP contribution in [-0.2, 0) is 4.74 Å². The maximum atomic E-state index is 10.7. The topological polar surface area (TPSA) is 55.8 Å². The quantitative estimate of drug-likeness (QED) is 0.786. The number of hydrogen-bond donors (Lipinski definition) is 1. The minimum atomic E-state index is -0.934. The molecule has 4 nitrogen and oxygen atoms in total. The SMILES string of the molecule is O=C(O)c1cccc(OCCSC2COC2)c1. The molecule has 17 heavy (non-hydrogen) atoms. The first-order valence-electron chi connectivity index (χ1n) is 5.41. The van der Waals surface area contributed by atoms with Gasteiger partial charge in [0, 0.05) is 5.75 Å². The number of hydrogen-bond acceptors (Lipinski definition) is 4. The van der Waals surface area contributed by atoms with Crippen LogP contribution in [0, 0.1) is 0 Å². The van der Waals surface area contributed by atoms with E-state index in [2.05, 4.69) is 0 Å². The van der Waals surface area contributed by atoms with Crippen molar-refractivity contribution in [1.82, 2.24) is 0 Å². The molecule has 2 rings (SSSR count). The van der Waals surface area contributed by atoms with E-state index in [1.54, 1.807) is 24.3 Å². The molecule has 1 aliphatic rings. The molecule has 0 amide bonds. The monoisotopic (exact) mass is 254 g/mol. The molecule has 1 aliphatic heterocycles. The summed E-state index contributed by atoms with van der Waals surface area (Å²) in [7, 11) is 0. The number of benzene rings is 1. The Labute approximate surface area is 104 Å². The van der Waals surface area contributed by atoms with Crippen molar-refractivity contribution < 1.29 is 19.4 Å². The maximum absolute atomic E-state index is 10.7. The fourth-order valence-electron chi connectivity index (χ4n) is 1.40. The minimum Gasteiger partial charge on any atom is -0.493 e. The fourth-order valence-corrected chi connectivity index (χ4v) is 2.30. The highest BCUT2D eigenvalue weighted by Gasteiger charge is 2.17. The second-order valence-corrected chi connectivity index (χ2v) is 5.12. The lowest BCUT2D eigenvalue weighted by molar-refractivity contribution is 0.0454. The Morgan fingerprint density at radius 2 is 2.35 bits per heavy atom. The van der Waals surface area contributed by atoms with Crippen molar-refractivity contribution in [2.24, 2.45) is 0 Å². The summed E-state index contributed by atoms with van der Waals surface area (Å²) in [5.41, 5.74) is 0.252. The van der Waals surface area contributed by atoms with Crippen molar-refractivity contribution in [3.8, 4) is 5.75 Å². The van der Waals surface area contributed by atoms with E-state index in [1.807, 2.05) is 11.8 Å². The van der Waals surface area contributed by atoms with Gasteiger partial charge in [0.25, 0.3) is 0 Å². The molecule has 92 valence electrons. The van der Waals surface area contributed by atoms with Crippen molar-refractivity contribution in [3.63, 3.8) is 0 Å². The lowest BCUT2D eigenvalue weighted by atomic mass is 10.2. The van der Waals surface area contributed by atoms with Gasteiger partial charge in [-0.3, -0.25) is 0 Å². The average Bonchev–Trinajstić information content (AvgIpc) is 2.27. The standard InChI is InChI=1S/C12H14O4S/c13-12(14)9-2-1-3-10(6-9)16-4-5-17-11-7-15-8-11/h1-3,6,11H,4-5,7-8H2,(H,13,14). The third-order valence-corrected chi connectivity index (χ3v) is 3.54. The van der Waals surface area contributed by atoms with Crippen molar-refractivity contribution >= 4 is 17.7 Å². The number of aromatic carboxylic acids is 1. The van der Waals surface area contributed by atoms with E-state index in [-0.39, 0.29) is 5.56 Å². The lowest BCUT2D eigenvalue weighted by Gasteiger charge is -2.25. The molecule has 0 aromatic heterocycles. The molecule has 1 heterocycles. The largest absolute Gasteiger partial charge is 0.493 e. The van der Waals surface area contributed by atoms with Gasteiger partial charge in [0.1, 0.15) is 5.75 Å². The maximum Gasteiger partial charge on any atom is 0.335 e. The van der Waals surface area contributed by atoms with E-state index in [4.69, 9.17) is 14.6 Å². The van der Waals surface area contributed by atoms with E-state index >= 15 is 0 Å². The molecular weight excluding hydrogens is 240 g/mol. The molecule has 0 radical (unpaired) electrons. The number of carboxylic acids is 1. The highest BCUT2D eigenvalue weighted by Crippen LogP contribution is 2.19. The summed E-state index contributed by atoms with van der Waals surface area (Å²) in [5.74, 6) is 0.567. The molecule has 1 fully saturated rings. The van der Waals surface area contributed by atoms with Crippen LogP contribution in [0.3, 0.4) is 0 Å². The van der Waals surface area contributed by atoms with Crippen LogP contribution in [0.4, 0.5) is 0 Å². The first-order chi connectivity index (χ1) is 8.25. The normalized spacial score (nSPS) is 15.3. The number of ether oxygens (including phenoxy) is 2. The molecule has 0 bridgehead atoms. The van der Waals surface area contributed by atoms with Gasteiger partial charge in [-0.2, -0.15) is 11.8 Å². The van der Waals surface area contributed by atoms with Crippen LogP contribution < -0.4 is 4.74 Å². The van der Waals surface area contributed by atoms with Gasteiger partial charge in [0.15, 0.2) is 0 Å². The number of carbonyl (C=O) groups is 1. The van der Waals surface area contributed by atoms with Gasteiger partial charge >= 0.3 is 5.97 Å². The first kappa shape index (κ1) is 12.3. The van der Waals surface area contributed by atoms with E-state index in [0.29, 0.717) is 17.6 Å². The smallest absolute Gasteiger partial charge is 0.335 e. The van der Waals surface area contributed by atoms with Gasteiger partial charge < -0.3 is 14.6 Å². The summed E-state index contributed by atoms with van der Waals surface area (Å²) in [4.78, 5) is 10.7. The Kier molecular flexibility index (Phi) is 4.28. The van der Waals surface area contributed by atoms with Gasteiger partial charge in [-0.25, -0.2) is 4.79 Å². The third-order valence-electron chi connectivity index (χ3n) is 2.39. The van der Waals surface area contributed by atoms with Crippen molar-refractivity contribution in [3.05, 3.63) is 29.8 Å². The lowest BCUT2D eigenvalue weighted by Crippen LogP contribution is -2.31. The summed E-state index contributed by atoms with van der Waals surface area (Å²) >= 11 is 1.83. The van der Waals surface area contributed by atoms with E-state index in [9.17, 15) is 4.79 Å². The number of rotatable bonds is 6. The van der Waals surface area contributed by atoms with Crippen LogP contribution in [0.2, 0.25) is 0 Å². The van der Waals surface area contributed by atoms with Crippen LogP contribution in [0.5, 0.6) is 5.75 Å². The molecule has 5 heteroatoms. The molecule has 1 aromatic carbocycles. The van der Waals surface area contributed by atoms with E-state index < -0.39 is 5.97 Å². The van der Waals surface area contributed by atoms with Gasteiger partial charge in [0.05, 0.1) is 30.6 Å². The predicted molar refractivity (Wildman–Crippen MR) is 66.0 cm³/mol. The van der Waals surface area contributed by atoms with Gasteiger partial charge in [-0.1, -0.05) is 6.07 Å². The average molecular weight is 254 g/mol. The molecule has 1 saturated heterocycles. The fraction of sp³-hybridized carbons (Fsp3) is 0.417. The molecule has 0 aliphatic carbocycles. The minimum absolute atomic E-state index is 0.252. The first-order valence-corrected chi connectivity index (χ1v) is 6.46. The Morgan fingerprint density at radius 1 is 1.53 bits per heavy atom. The van der Waals surface area contributed by atoms with Crippen molar-refractivity contribution in [2.45, 2.75) is 5.25 Å². The molecule has 0 atom stereocenters. The van der Waals surface area contributed by atoms with Crippen LogP contribution in [0.25, 0.3) is 0 Å². The van der Waals surface area contributed by atoms with Crippen LogP contribution in [-0.4, -0.2) is 41.9 Å². The van der Waals surface area contributed by atoms with Gasteiger partial charge in [0.2, 0.25) is 0 Å². The summed E-state index contributed by atoms with van der Waals surface area (Å²) in [6, 6.07) is 6.55. The molecule has 0 spiro atoms. The van der Waals surface area contributed by atoms with Crippen LogP contribution in [0.1, 0.15) is 10.4 Å². The van der Waals surface area contributed by atoms with Gasteiger partial charge in [-0.05, 0) is 18.2 Å². The Balaban J connectivity index is 1.73. The Hall–Kier alpha value is -1.20. The highest BCUT2D eigenvalue weighted by molar-refractivity contribution is 8.00. The zero-order valence-electron chi connectivity index (χ0n) is 9.30. The van der Waals surface area contributed by atoms with Crippen molar-refractivity contribution in [2.75, 3.05) is 25.6 Å². The molecule has 0 saturated carbocycles.